The van der Waals surface area contributed by atoms with Crippen LogP contribution in [0.1, 0.15) is 6.42 Å². The molecule has 1 amide bonds. The fourth-order valence-corrected chi connectivity index (χ4v) is 2.90. The average molecular weight is 275 g/mol. The average Bonchev–Trinajstić information content (AvgIpc) is 2.65. The molecule has 0 aromatic heterocycles. The summed E-state index contributed by atoms with van der Waals surface area (Å²) in [6.07, 6.45) is 2.01. The number of carboxylic acid groups (broad SMARTS) is 1. The number of carbonyl (C=O) groups excluding carboxylic acids is 2. The molecule has 0 aliphatic carbocycles. The monoisotopic (exact) mass is 275 g/mol. The lowest BCUT2D eigenvalue weighted by Gasteiger charge is -2.14. The van der Waals surface area contributed by atoms with E-state index < -0.39 is 17.3 Å². The molecule has 0 aromatic carbocycles. The zero-order valence-electron chi connectivity index (χ0n) is 9.05. The van der Waals surface area contributed by atoms with Gasteiger partial charge < -0.3 is 10.4 Å². The second-order valence-electron chi connectivity index (χ2n) is 3.38. The molecule has 5 nitrogen and oxygen atoms in total. The first kappa shape index (κ1) is 14.1. The van der Waals surface area contributed by atoms with E-state index in [-0.39, 0.29) is 16.8 Å². The van der Waals surface area contributed by atoms with Crippen LogP contribution in [0.15, 0.2) is 12.7 Å². The van der Waals surface area contributed by atoms with Crippen molar-refractivity contribution < 1.29 is 19.5 Å². The van der Waals surface area contributed by atoms with Crippen LogP contribution in [0.2, 0.25) is 0 Å². The first-order valence-electron chi connectivity index (χ1n) is 4.97. The van der Waals surface area contributed by atoms with E-state index in [9.17, 15) is 14.4 Å². The molecule has 2 unspecified atom stereocenters. The van der Waals surface area contributed by atoms with Crippen molar-refractivity contribution in [3.8, 4) is 0 Å². The Morgan fingerprint density at radius 3 is 2.88 bits per heavy atom. The zero-order valence-corrected chi connectivity index (χ0v) is 10.7. The van der Waals surface area contributed by atoms with Crippen molar-refractivity contribution >= 4 is 40.5 Å². The van der Waals surface area contributed by atoms with Gasteiger partial charge in [-0.3, -0.25) is 14.4 Å². The van der Waals surface area contributed by atoms with Gasteiger partial charge in [0.05, 0.1) is 11.8 Å². The SMILES string of the molecule is C=CC(SCC(=O)O)C(=O)NC1CCSC1=O. The minimum atomic E-state index is -0.984. The van der Waals surface area contributed by atoms with Crippen LogP contribution in [-0.2, 0) is 14.4 Å². The summed E-state index contributed by atoms with van der Waals surface area (Å²) < 4.78 is 0. The van der Waals surface area contributed by atoms with E-state index in [4.69, 9.17) is 5.11 Å². The van der Waals surface area contributed by atoms with Gasteiger partial charge in [0.25, 0.3) is 0 Å². The third-order valence-electron chi connectivity index (χ3n) is 2.11. The number of hydrogen-bond donors (Lipinski definition) is 2. The molecule has 1 aliphatic rings. The van der Waals surface area contributed by atoms with E-state index in [1.165, 1.54) is 17.8 Å². The van der Waals surface area contributed by atoms with Crippen molar-refractivity contribution in [1.82, 2.24) is 5.32 Å². The van der Waals surface area contributed by atoms with Gasteiger partial charge in [0.2, 0.25) is 11.0 Å². The minimum Gasteiger partial charge on any atom is -0.481 e. The lowest BCUT2D eigenvalue weighted by Crippen LogP contribution is -2.41. The number of hydrogen-bond acceptors (Lipinski definition) is 5. The molecular weight excluding hydrogens is 262 g/mol. The standard InChI is InChI=1S/C10H13NO4S2/c1-2-7(17-5-8(12)13)9(14)11-6-3-4-16-10(6)15/h2,6-7H,1,3-5H2,(H,11,14)(H,12,13). The molecule has 0 radical (unpaired) electrons. The highest BCUT2D eigenvalue weighted by atomic mass is 32.2. The lowest BCUT2D eigenvalue weighted by molar-refractivity contribution is -0.133. The van der Waals surface area contributed by atoms with Crippen LogP contribution >= 0.6 is 23.5 Å². The maximum Gasteiger partial charge on any atom is 0.313 e. The molecule has 2 N–H and O–H groups in total. The molecule has 1 rings (SSSR count). The quantitative estimate of drug-likeness (QED) is 0.687. The summed E-state index contributed by atoms with van der Waals surface area (Å²) >= 11 is 2.18. The van der Waals surface area contributed by atoms with E-state index in [0.29, 0.717) is 12.2 Å². The second-order valence-corrected chi connectivity index (χ2v) is 5.61. The Kier molecular flexibility index (Phi) is 5.57. The molecule has 1 saturated heterocycles. The van der Waals surface area contributed by atoms with Crippen LogP contribution in [0, 0.1) is 0 Å². The van der Waals surface area contributed by atoms with Crippen LogP contribution in [0.5, 0.6) is 0 Å². The van der Waals surface area contributed by atoms with E-state index in [1.807, 2.05) is 0 Å². The van der Waals surface area contributed by atoms with E-state index in [2.05, 4.69) is 11.9 Å². The first-order chi connectivity index (χ1) is 8.04. The van der Waals surface area contributed by atoms with Crippen LogP contribution in [-0.4, -0.2) is 44.9 Å². The third kappa shape index (κ3) is 4.43. The van der Waals surface area contributed by atoms with Gasteiger partial charge in [0, 0.05) is 5.75 Å². The van der Waals surface area contributed by atoms with Crippen molar-refractivity contribution in [2.45, 2.75) is 17.7 Å². The number of nitrogens with one attached hydrogen (secondary N) is 1. The van der Waals surface area contributed by atoms with Gasteiger partial charge in [-0.05, 0) is 6.42 Å². The highest BCUT2D eigenvalue weighted by Crippen LogP contribution is 2.20. The summed E-state index contributed by atoms with van der Waals surface area (Å²) in [5, 5.41) is 10.5. The first-order valence-corrected chi connectivity index (χ1v) is 7.01. The summed E-state index contributed by atoms with van der Waals surface area (Å²) in [6.45, 7) is 3.49. The van der Waals surface area contributed by atoms with Crippen LogP contribution in [0.4, 0.5) is 0 Å². The number of amides is 1. The molecular formula is C10H13NO4S2. The van der Waals surface area contributed by atoms with Crippen molar-refractivity contribution in [3.63, 3.8) is 0 Å². The molecule has 1 aliphatic heterocycles. The van der Waals surface area contributed by atoms with Crippen molar-refractivity contribution in [3.05, 3.63) is 12.7 Å². The molecule has 0 bridgehead atoms. The van der Waals surface area contributed by atoms with Gasteiger partial charge in [0.1, 0.15) is 5.25 Å². The van der Waals surface area contributed by atoms with E-state index in [0.717, 1.165) is 11.8 Å². The molecule has 17 heavy (non-hydrogen) atoms. The Balaban J connectivity index is 2.45. The van der Waals surface area contributed by atoms with Crippen LogP contribution in [0.3, 0.4) is 0 Å². The topological polar surface area (TPSA) is 83.5 Å². The van der Waals surface area contributed by atoms with E-state index in [1.54, 1.807) is 0 Å². The zero-order chi connectivity index (χ0) is 12.8. The molecule has 0 saturated carbocycles. The summed E-state index contributed by atoms with van der Waals surface area (Å²) in [7, 11) is 0. The Labute approximate surface area is 107 Å². The van der Waals surface area contributed by atoms with Gasteiger partial charge in [-0.25, -0.2) is 0 Å². The third-order valence-corrected chi connectivity index (χ3v) is 4.30. The number of carbonyl (C=O) groups is 3. The van der Waals surface area contributed by atoms with Gasteiger partial charge in [-0.2, -0.15) is 0 Å². The predicted molar refractivity (Wildman–Crippen MR) is 68.1 cm³/mol. The summed E-state index contributed by atoms with van der Waals surface area (Å²) in [6, 6.07) is -0.444. The fourth-order valence-electron chi connectivity index (χ4n) is 1.29. The molecule has 0 spiro atoms. The van der Waals surface area contributed by atoms with Crippen molar-refractivity contribution in [2.75, 3.05) is 11.5 Å². The number of thioether (sulfide) groups is 2. The number of carboxylic acids is 1. The minimum absolute atomic E-state index is 0.0376. The normalized spacial score (nSPS) is 20.9. The molecule has 1 fully saturated rings. The Morgan fingerprint density at radius 1 is 1.71 bits per heavy atom. The summed E-state index contributed by atoms with van der Waals surface area (Å²) in [5.41, 5.74) is 0. The van der Waals surface area contributed by atoms with E-state index >= 15 is 0 Å². The fraction of sp³-hybridized carbons (Fsp3) is 0.500. The number of aliphatic carboxylic acids is 1. The van der Waals surface area contributed by atoms with Crippen molar-refractivity contribution in [1.29, 1.82) is 0 Å². The Morgan fingerprint density at radius 2 is 2.41 bits per heavy atom. The van der Waals surface area contributed by atoms with Gasteiger partial charge in [0.15, 0.2) is 0 Å². The maximum absolute atomic E-state index is 11.7. The predicted octanol–water partition coefficient (Wildman–Crippen LogP) is 0.507. The molecule has 7 heteroatoms. The molecule has 0 aromatic rings. The highest BCUT2D eigenvalue weighted by Gasteiger charge is 2.28. The van der Waals surface area contributed by atoms with Gasteiger partial charge in [-0.1, -0.05) is 17.8 Å². The lowest BCUT2D eigenvalue weighted by atomic mass is 10.2. The summed E-state index contributed by atoms with van der Waals surface area (Å²) in [5.74, 6) is -0.795. The highest BCUT2D eigenvalue weighted by molar-refractivity contribution is 8.14. The molecule has 2 atom stereocenters. The largest absolute Gasteiger partial charge is 0.481 e. The Bertz CT molecular complexity index is 345. The Hall–Kier alpha value is -0.950. The molecule has 1 heterocycles. The van der Waals surface area contributed by atoms with Crippen LogP contribution in [0.25, 0.3) is 0 Å². The van der Waals surface area contributed by atoms with Gasteiger partial charge >= 0.3 is 5.97 Å². The van der Waals surface area contributed by atoms with Gasteiger partial charge in [-0.15, -0.1) is 18.3 Å². The van der Waals surface area contributed by atoms with Crippen LogP contribution < -0.4 is 5.32 Å². The second kappa shape index (κ2) is 6.70. The smallest absolute Gasteiger partial charge is 0.313 e. The number of rotatable bonds is 6. The molecule has 94 valence electrons. The maximum atomic E-state index is 11.7. The van der Waals surface area contributed by atoms with Crippen molar-refractivity contribution in [2.24, 2.45) is 0 Å². The summed E-state index contributed by atoms with van der Waals surface area (Å²) in [4.78, 5) is 33.4.